The lowest BCUT2D eigenvalue weighted by Gasteiger charge is -2.30. The molecule has 0 saturated carbocycles. The van der Waals surface area contributed by atoms with E-state index in [1.54, 1.807) is 6.20 Å². The molecule has 6 heteroatoms. The summed E-state index contributed by atoms with van der Waals surface area (Å²) in [6.07, 6.45) is 1.58. The fraction of sp³-hybridized carbons (Fsp3) is 0.333. The lowest BCUT2D eigenvalue weighted by Crippen LogP contribution is -2.40. The van der Waals surface area contributed by atoms with Gasteiger partial charge in [0.05, 0.1) is 28.3 Å². The molecule has 108 valence electrons. The fourth-order valence-corrected chi connectivity index (χ4v) is 3.92. The molecular formula is C15H15N3O2S. The Kier molecular flexibility index (Phi) is 3.30. The summed E-state index contributed by atoms with van der Waals surface area (Å²) in [6.45, 7) is 2.82. The van der Waals surface area contributed by atoms with Gasteiger partial charge in [-0.1, -0.05) is 18.2 Å². The van der Waals surface area contributed by atoms with Crippen molar-refractivity contribution in [2.75, 3.05) is 29.5 Å². The van der Waals surface area contributed by atoms with Crippen LogP contribution in [0.25, 0.3) is 10.9 Å². The van der Waals surface area contributed by atoms with Gasteiger partial charge in [-0.25, -0.2) is 8.42 Å². The second kappa shape index (κ2) is 5.01. The van der Waals surface area contributed by atoms with Gasteiger partial charge in [-0.15, -0.1) is 0 Å². The second-order valence-corrected chi connectivity index (χ2v) is 7.55. The number of fused-ring (bicyclic) bond motifs is 1. The van der Waals surface area contributed by atoms with E-state index in [1.807, 2.05) is 30.0 Å². The molecule has 1 aliphatic rings. The number of aryl methyl sites for hydroxylation is 1. The molecule has 0 radical (unpaired) electrons. The van der Waals surface area contributed by atoms with Crippen molar-refractivity contribution in [2.24, 2.45) is 0 Å². The van der Waals surface area contributed by atoms with Crippen molar-refractivity contribution in [1.82, 2.24) is 4.98 Å². The molecule has 1 aliphatic heterocycles. The summed E-state index contributed by atoms with van der Waals surface area (Å²) in [5.41, 5.74) is 3.20. The van der Waals surface area contributed by atoms with E-state index in [-0.39, 0.29) is 11.5 Å². The van der Waals surface area contributed by atoms with E-state index in [9.17, 15) is 13.7 Å². The summed E-state index contributed by atoms with van der Waals surface area (Å²) in [4.78, 5) is 6.36. The SMILES string of the molecule is Cc1cccc2c(N3CCS(=O)(=O)CC3)c(C#N)cnc12. The highest BCUT2D eigenvalue weighted by Gasteiger charge is 2.25. The van der Waals surface area contributed by atoms with E-state index in [4.69, 9.17) is 0 Å². The minimum Gasteiger partial charge on any atom is -0.368 e. The van der Waals surface area contributed by atoms with Crippen molar-refractivity contribution in [1.29, 1.82) is 5.26 Å². The zero-order valence-electron chi connectivity index (χ0n) is 11.7. The molecule has 5 nitrogen and oxygen atoms in total. The zero-order chi connectivity index (χ0) is 15.0. The topological polar surface area (TPSA) is 74.1 Å². The van der Waals surface area contributed by atoms with Crippen molar-refractivity contribution in [3.8, 4) is 6.07 Å². The highest BCUT2D eigenvalue weighted by Crippen LogP contribution is 2.31. The normalized spacial score (nSPS) is 17.6. The number of nitrogens with zero attached hydrogens (tertiary/aromatic N) is 3. The highest BCUT2D eigenvalue weighted by molar-refractivity contribution is 7.91. The van der Waals surface area contributed by atoms with Crippen LogP contribution in [0.4, 0.5) is 5.69 Å². The average molecular weight is 301 g/mol. The van der Waals surface area contributed by atoms with E-state index in [0.29, 0.717) is 18.7 Å². The van der Waals surface area contributed by atoms with Gasteiger partial charge in [-0.2, -0.15) is 5.26 Å². The van der Waals surface area contributed by atoms with Crippen LogP contribution in [-0.2, 0) is 9.84 Å². The molecule has 0 unspecified atom stereocenters. The van der Waals surface area contributed by atoms with Crippen molar-refractivity contribution in [3.63, 3.8) is 0 Å². The molecule has 1 fully saturated rings. The summed E-state index contributed by atoms with van der Waals surface area (Å²) in [6, 6.07) is 8.02. The van der Waals surface area contributed by atoms with Gasteiger partial charge in [-0.3, -0.25) is 4.98 Å². The van der Waals surface area contributed by atoms with Gasteiger partial charge in [0.2, 0.25) is 0 Å². The Bertz CT molecular complexity index is 839. The minimum atomic E-state index is -2.94. The summed E-state index contributed by atoms with van der Waals surface area (Å²) < 4.78 is 23.2. The average Bonchev–Trinajstić information content (AvgIpc) is 2.47. The van der Waals surface area contributed by atoms with Crippen LogP contribution in [0, 0.1) is 18.3 Å². The number of aromatic nitrogens is 1. The van der Waals surface area contributed by atoms with E-state index in [0.717, 1.165) is 22.2 Å². The third kappa shape index (κ3) is 2.45. The quantitative estimate of drug-likeness (QED) is 0.800. The summed E-state index contributed by atoms with van der Waals surface area (Å²) in [5.74, 6) is 0.265. The number of hydrogen-bond acceptors (Lipinski definition) is 5. The number of pyridine rings is 1. The number of anilines is 1. The summed E-state index contributed by atoms with van der Waals surface area (Å²) in [7, 11) is -2.94. The van der Waals surface area contributed by atoms with E-state index >= 15 is 0 Å². The number of sulfone groups is 1. The first-order valence-electron chi connectivity index (χ1n) is 6.75. The van der Waals surface area contributed by atoms with Crippen LogP contribution in [-0.4, -0.2) is 38.0 Å². The van der Waals surface area contributed by atoms with Crippen LogP contribution >= 0.6 is 0 Å². The van der Waals surface area contributed by atoms with Gasteiger partial charge in [0, 0.05) is 24.7 Å². The van der Waals surface area contributed by atoms with Crippen LogP contribution in [0.1, 0.15) is 11.1 Å². The van der Waals surface area contributed by atoms with E-state index < -0.39 is 9.84 Å². The van der Waals surface area contributed by atoms with Gasteiger partial charge >= 0.3 is 0 Å². The maximum absolute atomic E-state index is 11.6. The van der Waals surface area contributed by atoms with Crippen LogP contribution in [0.3, 0.4) is 0 Å². The number of benzene rings is 1. The standard InChI is InChI=1S/C15H15N3O2S/c1-11-3-2-4-13-14(11)17-10-12(9-16)15(13)18-5-7-21(19,20)8-6-18/h2-4,10H,5-8H2,1H3. The molecule has 0 spiro atoms. The minimum absolute atomic E-state index is 0.132. The molecule has 0 N–H and O–H groups in total. The zero-order valence-corrected chi connectivity index (χ0v) is 12.5. The number of nitriles is 1. The second-order valence-electron chi connectivity index (χ2n) is 5.24. The molecule has 2 aromatic rings. The maximum atomic E-state index is 11.6. The Balaban J connectivity index is 2.17. The highest BCUT2D eigenvalue weighted by atomic mass is 32.2. The third-order valence-electron chi connectivity index (χ3n) is 3.85. The summed E-state index contributed by atoms with van der Waals surface area (Å²) >= 11 is 0. The van der Waals surface area contributed by atoms with Crippen LogP contribution < -0.4 is 4.90 Å². The Hall–Kier alpha value is -2.13. The predicted octanol–water partition coefficient (Wildman–Crippen LogP) is 1.65. The van der Waals surface area contributed by atoms with Crippen molar-refractivity contribution in [3.05, 3.63) is 35.5 Å². The molecule has 2 heterocycles. The first-order chi connectivity index (χ1) is 10.0. The Morgan fingerprint density at radius 3 is 2.67 bits per heavy atom. The first-order valence-corrected chi connectivity index (χ1v) is 8.58. The molecule has 21 heavy (non-hydrogen) atoms. The number of rotatable bonds is 1. The van der Waals surface area contributed by atoms with Crippen LogP contribution in [0.15, 0.2) is 24.4 Å². The molecule has 0 amide bonds. The Morgan fingerprint density at radius 1 is 1.29 bits per heavy atom. The van der Waals surface area contributed by atoms with Crippen LogP contribution in [0.2, 0.25) is 0 Å². The molecule has 1 aromatic heterocycles. The van der Waals surface area contributed by atoms with Gasteiger partial charge in [0.25, 0.3) is 0 Å². The molecule has 0 atom stereocenters. The molecule has 0 aliphatic carbocycles. The monoisotopic (exact) mass is 301 g/mol. The van der Waals surface area contributed by atoms with Crippen molar-refractivity contribution in [2.45, 2.75) is 6.92 Å². The number of para-hydroxylation sites is 1. The van der Waals surface area contributed by atoms with Gasteiger partial charge in [0.1, 0.15) is 6.07 Å². The van der Waals surface area contributed by atoms with E-state index in [2.05, 4.69) is 11.1 Å². The predicted molar refractivity (Wildman–Crippen MR) is 82.1 cm³/mol. The molecule has 3 rings (SSSR count). The number of hydrogen-bond donors (Lipinski definition) is 0. The Labute approximate surface area is 123 Å². The fourth-order valence-electron chi connectivity index (χ4n) is 2.72. The molecule has 0 bridgehead atoms. The van der Waals surface area contributed by atoms with Gasteiger partial charge in [-0.05, 0) is 12.5 Å². The maximum Gasteiger partial charge on any atom is 0.153 e. The Morgan fingerprint density at radius 2 is 2.00 bits per heavy atom. The third-order valence-corrected chi connectivity index (χ3v) is 5.46. The van der Waals surface area contributed by atoms with Crippen molar-refractivity contribution < 1.29 is 8.42 Å². The summed E-state index contributed by atoms with van der Waals surface area (Å²) in [5, 5.41) is 10.3. The van der Waals surface area contributed by atoms with Gasteiger partial charge < -0.3 is 4.90 Å². The molecule has 1 saturated heterocycles. The van der Waals surface area contributed by atoms with E-state index in [1.165, 1.54) is 0 Å². The van der Waals surface area contributed by atoms with Crippen molar-refractivity contribution >= 4 is 26.4 Å². The van der Waals surface area contributed by atoms with Gasteiger partial charge in [0.15, 0.2) is 9.84 Å². The largest absolute Gasteiger partial charge is 0.368 e. The van der Waals surface area contributed by atoms with Crippen LogP contribution in [0.5, 0.6) is 0 Å². The molecular weight excluding hydrogens is 286 g/mol. The lowest BCUT2D eigenvalue weighted by atomic mass is 10.1. The smallest absolute Gasteiger partial charge is 0.153 e. The molecule has 1 aromatic carbocycles. The first kappa shape index (κ1) is 13.8. The lowest BCUT2D eigenvalue weighted by molar-refractivity contribution is 0.587.